The molecule has 0 saturated carbocycles. The smallest absolute Gasteiger partial charge is 0.339 e. The summed E-state index contributed by atoms with van der Waals surface area (Å²) in [6.07, 6.45) is -0.0606. The largest absolute Gasteiger partial charge is 0.491 e. The zero-order chi connectivity index (χ0) is 36.9. The Morgan fingerprint density at radius 2 is 1.33 bits per heavy atom. The molecule has 49 heavy (non-hydrogen) atoms. The number of ether oxygens (including phenoxy) is 1. The minimum Gasteiger partial charge on any atom is -0.491 e. The van der Waals surface area contributed by atoms with Gasteiger partial charge in [0.15, 0.2) is 5.75 Å². The van der Waals surface area contributed by atoms with E-state index in [1.54, 1.807) is 13.8 Å². The summed E-state index contributed by atoms with van der Waals surface area (Å²) in [7, 11) is -19.1. The first-order valence-corrected chi connectivity index (χ1v) is 20.0. The second-order valence-corrected chi connectivity index (χ2v) is 16.0. The highest BCUT2D eigenvalue weighted by Gasteiger charge is 2.26. The van der Waals surface area contributed by atoms with Gasteiger partial charge in [0, 0.05) is 17.5 Å². The highest BCUT2D eigenvalue weighted by Crippen LogP contribution is 2.42. The first kappa shape index (κ1) is 39.3. The highest BCUT2D eigenvalue weighted by molar-refractivity contribution is 7.87. The summed E-state index contributed by atoms with van der Waals surface area (Å²) < 4.78 is 137. The van der Waals surface area contributed by atoms with Gasteiger partial charge in [0.2, 0.25) is 0 Å². The van der Waals surface area contributed by atoms with E-state index in [4.69, 9.17) is 19.2 Å². The molecule has 0 aliphatic carbocycles. The Labute approximate surface area is 284 Å². The van der Waals surface area contributed by atoms with Crippen molar-refractivity contribution < 1.29 is 56.2 Å². The number of hydrogen-bond acceptors (Lipinski definition) is 13. The van der Waals surface area contributed by atoms with E-state index in [1.165, 1.54) is 36.4 Å². The molecule has 0 saturated heterocycles. The lowest BCUT2D eigenvalue weighted by Gasteiger charge is -2.14. The lowest BCUT2D eigenvalue weighted by atomic mass is 10.1. The molecule has 0 fully saturated rings. The van der Waals surface area contributed by atoms with E-state index >= 15 is 0 Å². The first-order valence-electron chi connectivity index (χ1n) is 14.1. The minimum atomic E-state index is -5.08. The molecule has 20 heteroatoms. The molecular formula is C29H33N3O13S4. The number of aryl methyl sites for hydroxylation is 2. The molecule has 4 aromatic rings. The molecule has 0 heterocycles. The van der Waals surface area contributed by atoms with Crippen molar-refractivity contribution in [1.29, 1.82) is 0 Å². The van der Waals surface area contributed by atoms with Crippen LogP contribution in [-0.4, -0.2) is 59.7 Å². The number of fused-ring (bicyclic) bond motifs is 1. The molecule has 0 amide bonds. The average molecular weight is 760 g/mol. The van der Waals surface area contributed by atoms with Crippen molar-refractivity contribution in [3.63, 3.8) is 0 Å². The lowest BCUT2D eigenvalue weighted by molar-refractivity contribution is 0.318. The highest BCUT2D eigenvalue weighted by atomic mass is 32.2. The van der Waals surface area contributed by atoms with Gasteiger partial charge >= 0.3 is 10.1 Å². The van der Waals surface area contributed by atoms with Gasteiger partial charge in [-0.2, -0.15) is 38.8 Å². The maximum absolute atomic E-state index is 13.2. The summed E-state index contributed by atoms with van der Waals surface area (Å²) in [5.74, 6) is -1.24. The molecule has 4 rings (SSSR count). The lowest BCUT2D eigenvalue weighted by Crippen LogP contribution is -2.11. The van der Waals surface area contributed by atoms with Crippen molar-refractivity contribution >= 4 is 68.3 Å². The van der Waals surface area contributed by atoms with Gasteiger partial charge in [-0.25, -0.2) is 0 Å². The Morgan fingerprint density at radius 3 is 1.90 bits per heavy atom. The van der Waals surface area contributed by atoms with Crippen LogP contribution in [0.3, 0.4) is 0 Å². The van der Waals surface area contributed by atoms with Crippen molar-refractivity contribution in [2.75, 3.05) is 18.1 Å². The van der Waals surface area contributed by atoms with Crippen LogP contribution in [-0.2, 0) is 40.5 Å². The number of anilines is 1. The van der Waals surface area contributed by atoms with Crippen LogP contribution in [0.15, 0.2) is 85.6 Å². The normalized spacial score (nSPS) is 12.5. The molecule has 0 bridgehead atoms. The van der Waals surface area contributed by atoms with Gasteiger partial charge in [-0.1, -0.05) is 31.5 Å². The summed E-state index contributed by atoms with van der Waals surface area (Å²) in [5.41, 5.74) is 7.21. The van der Waals surface area contributed by atoms with Gasteiger partial charge in [0.1, 0.15) is 15.5 Å². The Kier molecular flexibility index (Phi) is 12.1. The third kappa shape index (κ3) is 10.2. The number of hydrogen-bond donors (Lipinski definition) is 4. The van der Waals surface area contributed by atoms with Crippen LogP contribution in [0.1, 0.15) is 31.4 Å². The zero-order valence-electron chi connectivity index (χ0n) is 26.4. The molecule has 5 N–H and O–H groups in total. The van der Waals surface area contributed by atoms with Gasteiger partial charge in [-0.05, 0) is 62.2 Å². The molecule has 0 aliphatic heterocycles. The molecule has 0 spiro atoms. The Morgan fingerprint density at radius 1 is 0.714 bits per heavy atom. The van der Waals surface area contributed by atoms with E-state index in [1.807, 2.05) is 13.8 Å². The van der Waals surface area contributed by atoms with Crippen LogP contribution in [0.4, 0.5) is 17.1 Å². The van der Waals surface area contributed by atoms with Crippen LogP contribution in [0.25, 0.3) is 10.8 Å². The summed E-state index contributed by atoms with van der Waals surface area (Å²) in [6.45, 7) is 7.17. The molecule has 0 aromatic heterocycles. The first-order chi connectivity index (χ1) is 22.7. The second kappa shape index (κ2) is 15.2. The SMILES string of the molecule is CC.Cc1ccc(S(=O)(=O)Oc2cc(S(=O)(=O)O)cc3c(S(=O)(=O)O)ccc(N=Nc4cc(OCCCS(=O)(=O)O)c(N)cc4C)c23)cc1. The van der Waals surface area contributed by atoms with Crippen LogP contribution in [0, 0.1) is 13.8 Å². The molecule has 0 radical (unpaired) electrons. The third-order valence-electron chi connectivity index (χ3n) is 6.47. The van der Waals surface area contributed by atoms with Gasteiger partial charge in [-0.15, -0.1) is 5.11 Å². The Hall–Kier alpha value is -4.18. The fraction of sp³-hybridized carbons (Fsp3) is 0.241. The number of azo groups is 1. The Bertz CT molecular complexity index is 2340. The predicted molar refractivity (Wildman–Crippen MR) is 180 cm³/mol. The number of nitrogen functional groups attached to an aromatic ring is 1. The molecule has 0 aliphatic rings. The molecule has 0 unspecified atom stereocenters. The summed E-state index contributed by atoms with van der Waals surface area (Å²) in [6, 6.07) is 11.4. The topological polar surface area (TPSA) is 266 Å². The molecule has 266 valence electrons. The van der Waals surface area contributed by atoms with Gasteiger partial charge < -0.3 is 14.7 Å². The van der Waals surface area contributed by atoms with Crippen molar-refractivity contribution in [3.8, 4) is 11.5 Å². The summed E-state index contributed by atoms with van der Waals surface area (Å²) >= 11 is 0. The fourth-order valence-corrected chi connectivity index (χ4v) is 6.85. The fourth-order valence-electron chi connectivity index (χ4n) is 4.23. The van der Waals surface area contributed by atoms with Crippen molar-refractivity contribution in [2.24, 2.45) is 10.2 Å². The molecule has 0 atom stereocenters. The standard InChI is InChI=1S/C27H27N3O13S4.C2H6/c1-16-4-6-18(7-5-16)47(40,41)43-25-14-19(45(34,35)36)13-20-26(46(37,38)39)9-8-22(27(20)25)29-30-23-15-24(21(28)12-17(23)2)42-10-3-11-44(31,32)33;1-2/h4-9,12-15H,3,10-11,28H2,1-2H3,(H,31,32,33)(H,34,35,36)(H,37,38,39);1-2H3. The van der Waals surface area contributed by atoms with Gasteiger partial charge in [0.05, 0.1) is 39.7 Å². The number of nitrogens with two attached hydrogens (primary N) is 1. The van der Waals surface area contributed by atoms with Crippen molar-refractivity contribution in [1.82, 2.24) is 0 Å². The number of benzene rings is 4. The number of nitrogens with zero attached hydrogens (tertiary/aromatic N) is 2. The maximum Gasteiger partial charge on any atom is 0.339 e. The maximum atomic E-state index is 13.2. The van der Waals surface area contributed by atoms with Crippen molar-refractivity contribution in [2.45, 2.75) is 48.8 Å². The second-order valence-electron chi connectivity index (χ2n) is 10.1. The zero-order valence-corrected chi connectivity index (χ0v) is 29.7. The van der Waals surface area contributed by atoms with E-state index in [0.29, 0.717) is 23.3 Å². The quantitative estimate of drug-likeness (QED) is 0.0463. The molecular weight excluding hydrogens is 727 g/mol. The van der Waals surface area contributed by atoms with Gasteiger partial charge in [-0.3, -0.25) is 13.7 Å². The van der Waals surface area contributed by atoms with E-state index in [0.717, 1.165) is 12.1 Å². The van der Waals surface area contributed by atoms with E-state index in [9.17, 15) is 42.8 Å². The van der Waals surface area contributed by atoms with E-state index < -0.39 is 72.5 Å². The average Bonchev–Trinajstić information content (AvgIpc) is 2.98. The van der Waals surface area contributed by atoms with E-state index in [-0.39, 0.29) is 40.7 Å². The van der Waals surface area contributed by atoms with Gasteiger partial charge in [0.25, 0.3) is 30.4 Å². The van der Waals surface area contributed by atoms with Crippen LogP contribution < -0.4 is 14.7 Å². The minimum absolute atomic E-state index is 0.0606. The monoisotopic (exact) mass is 759 g/mol. The van der Waals surface area contributed by atoms with Crippen LogP contribution >= 0.6 is 0 Å². The van der Waals surface area contributed by atoms with Crippen LogP contribution in [0.5, 0.6) is 11.5 Å². The third-order valence-corrected chi connectivity index (χ3v) is 10.3. The predicted octanol–water partition coefficient (Wildman–Crippen LogP) is 5.40. The van der Waals surface area contributed by atoms with Crippen molar-refractivity contribution in [3.05, 3.63) is 71.8 Å². The van der Waals surface area contributed by atoms with Crippen LogP contribution in [0.2, 0.25) is 0 Å². The number of rotatable bonds is 12. The summed E-state index contributed by atoms with van der Waals surface area (Å²) in [4.78, 5) is -2.16. The molecule has 4 aromatic carbocycles. The summed E-state index contributed by atoms with van der Waals surface area (Å²) in [5, 5.41) is 7.25. The molecule has 16 nitrogen and oxygen atoms in total. The Balaban J connectivity index is 0.00000319. The van der Waals surface area contributed by atoms with E-state index in [2.05, 4.69) is 10.2 Å².